The summed E-state index contributed by atoms with van der Waals surface area (Å²) in [5.74, 6) is 0.979. The van der Waals surface area contributed by atoms with Gasteiger partial charge in [0.15, 0.2) is 0 Å². The largest absolute Gasteiger partial charge is 0.354 e. The SMILES string of the molecule is c1ccn(CC2CC3(CCC3)C2)c1. The Morgan fingerprint density at radius 3 is 2.38 bits per heavy atom. The Labute approximate surface area is 79.8 Å². The van der Waals surface area contributed by atoms with E-state index >= 15 is 0 Å². The Kier molecular flexibility index (Phi) is 1.55. The van der Waals surface area contributed by atoms with Crippen LogP contribution in [0.2, 0.25) is 0 Å². The smallest absolute Gasteiger partial charge is 0.0248 e. The van der Waals surface area contributed by atoms with Gasteiger partial charge in [0.1, 0.15) is 0 Å². The van der Waals surface area contributed by atoms with Crippen molar-refractivity contribution in [1.82, 2.24) is 4.57 Å². The van der Waals surface area contributed by atoms with Crippen molar-refractivity contribution in [3.05, 3.63) is 24.5 Å². The third kappa shape index (κ3) is 1.21. The van der Waals surface area contributed by atoms with Gasteiger partial charge in [-0.1, -0.05) is 6.42 Å². The fourth-order valence-corrected chi connectivity index (χ4v) is 3.17. The van der Waals surface area contributed by atoms with E-state index in [1.165, 1.54) is 38.6 Å². The minimum Gasteiger partial charge on any atom is -0.354 e. The van der Waals surface area contributed by atoms with Crippen LogP contribution < -0.4 is 0 Å². The summed E-state index contributed by atoms with van der Waals surface area (Å²) >= 11 is 0. The van der Waals surface area contributed by atoms with E-state index in [1.54, 1.807) is 0 Å². The van der Waals surface area contributed by atoms with Crippen molar-refractivity contribution in [1.29, 1.82) is 0 Å². The maximum atomic E-state index is 2.33. The highest BCUT2D eigenvalue weighted by Gasteiger charge is 2.47. The quantitative estimate of drug-likeness (QED) is 0.651. The van der Waals surface area contributed by atoms with E-state index in [-0.39, 0.29) is 0 Å². The van der Waals surface area contributed by atoms with Gasteiger partial charge in [-0.15, -0.1) is 0 Å². The van der Waals surface area contributed by atoms with Crippen LogP contribution in [0, 0.1) is 11.3 Å². The molecule has 70 valence electrons. The first-order chi connectivity index (χ1) is 6.36. The standard InChI is InChI=1S/C12H17N/c1-2-7-13(6-1)10-11-8-12(9-11)4-3-5-12/h1-2,6-7,11H,3-5,8-10H2. The summed E-state index contributed by atoms with van der Waals surface area (Å²) in [5, 5.41) is 0. The first kappa shape index (κ1) is 7.66. The van der Waals surface area contributed by atoms with E-state index < -0.39 is 0 Å². The zero-order chi connectivity index (χ0) is 8.73. The summed E-state index contributed by atoms with van der Waals surface area (Å²) in [6.07, 6.45) is 11.9. The molecule has 0 unspecified atom stereocenters. The number of hydrogen-bond acceptors (Lipinski definition) is 0. The lowest BCUT2D eigenvalue weighted by molar-refractivity contribution is -0.0310. The Bertz CT molecular complexity index is 274. The molecule has 2 aliphatic rings. The van der Waals surface area contributed by atoms with Gasteiger partial charge >= 0.3 is 0 Å². The van der Waals surface area contributed by atoms with Gasteiger partial charge in [-0.25, -0.2) is 0 Å². The van der Waals surface area contributed by atoms with Crippen LogP contribution in [0.1, 0.15) is 32.1 Å². The average molecular weight is 175 g/mol. The fourth-order valence-electron chi connectivity index (χ4n) is 3.17. The number of rotatable bonds is 2. The van der Waals surface area contributed by atoms with Crippen LogP contribution in [0.5, 0.6) is 0 Å². The van der Waals surface area contributed by atoms with Crippen molar-refractivity contribution in [2.45, 2.75) is 38.6 Å². The van der Waals surface area contributed by atoms with Crippen molar-refractivity contribution >= 4 is 0 Å². The minimum absolute atomic E-state index is 0.845. The second-order valence-electron chi connectivity index (χ2n) is 5.01. The fraction of sp³-hybridized carbons (Fsp3) is 0.667. The predicted molar refractivity (Wildman–Crippen MR) is 53.4 cm³/mol. The number of hydrogen-bond donors (Lipinski definition) is 0. The molecule has 1 aromatic heterocycles. The summed E-state index contributed by atoms with van der Waals surface area (Å²) in [6, 6.07) is 4.25. The van der Waals surface area contributed by atoms with Gasteiger partial charge < -0.3 is 4.57 Å². The predicted octanol–water partition coefficient (Wildman–Crippen LogP) is 3.07. The number of nitrogens with zero attached hydrogens (tertiary/aromatic N) is 1. The highest BCUT2D eigenvalue weighted by Crippen LogP contribution is 2.58. The van der Waals surface area contributed by atoms with Crippen molar-refractivity contribution < 1.29 is 0 Å². The molecule has 1 aromatic rings. The Morgan fingerprint density at radius 2 is 1.85 bits per heavy atom. The third-order valence-electron chi connectivity index (χ3n) is 3.99. The summed E-state index contributed by atoms with van der Waals surface area (Å²) < 4.78 is 2.33. The topological polar surface area (TPSA) is 4.93 Å². The Balaban J connectivity index is 1.54. The molecule has 0 radical (unpaired) electrons. The highest BCUT2D eigenvalue weighted by atomic mass is 14.9. The van der Waals surface area contributed by atoms with E-state index in [1.807, 2.05) is 0 Å². The molecule has 0 N–H and O–H groups in total. The van der Waals surface area contributed by atoms with E-state index in [9.17, 15) is 0 Å². The van der Waals surface area contributed by atoms with E-state index in [0.717, 1.165) is 11.3 Å². The molecule has 1 spiro atoms. The monoisotopic (exact) mass is 175 g/mol. The zero-order valence-corrected chi connectivity index (χ0v) is 8.08. The molecular weight excluding hydrogens is 158 g/mol. The lowest BCUT2D eigenvalue weighted by atomic mass is 9.52. The molecule has 0 amide bonds. The molecule has 0 saturated heterocycles. The van der Waals surface area contributed by atoms with Gasteiger partial charge in [0.05, 0.1) is 0 Å². The highest BCUT2D eigenvalue weighted by molar-refractivity contribution is 5.00. The van der Waals surface area contributed by atoms with E-state index in [0.29, 0.717) is 0 Å². The van der Waals surface area contributed by atoms with Gasteiger partial charge in [-0.05, 0) is 49.1 Å². The van der Waals surface area contributed by atoms with Crippen molar-refractivity contribution in [3.63, 3.8) is 0 Å². The van der Waals surface area contributed by atoms with Crippen LogP contribution in [0.25, 0.3) is 0 Å². The van der Waals surface area contributed by atoms with Crippen LogP contribution in [0.3, 0.4) is 0 Å². The summed E-state index contributed by atoms with van der Waals surface area (Å²) in [6.45, 7) is 1.26. The van der Waals surface area contributed by atoms with Gasteiger partial charge in [0.2, 0.25) is 0 Å². The van der Waals surface area contributed by atoms with Crippen molar-refractivity contribution in [2.24, 2.45) is 11.3 Å². The second-order valence-corrected chi connectivity index (χ2v) is 5.01. The molecule has 1 heterocycles. The Morgan fingerprint density at radius 1 is 1.15 bits per heavy atom. The molecule has 13 heavy (non-hydrogen) atoms. The van der Waals surface area contributed by atoms with Crippen molar-refractivity contribution in [2.75, 3.05) is 0 Å². The van der Waals surface area contributed by atoms with Crippen LogP contribution in [0.4, 0.5) is 0 Å². The molecule has 0 aromatic carbocycles. The molecule has 1 heteroatoms. The molecule has 0 atom stereocenters. The van der Waals surface area contributed by atoms with Gasteiger partial charge in [-0.3, -0.25) is 0 Å². The maximum Gasteiger partial charge on any atom is 0.0248 e. The summed E-state index contributed by atoms with van der Waals surface area (Å²) in [7, 11) is 0. The lowest BCUT2D eigenvalue weighted by Crippen LogP contribution is -2.43. The van der Waals surface area contributed by atoms with Crippen LogP contribution in [-0.2, 0) is 6.54 Å². The average Bonchev–Trinajstić information content (AvgIpc) is 2.43. The first-order valence-electron chi connectivity index (χ1n) is 5.47. The zero-order valence-electron chi connectivity index (χ0n) is 8.08. The molecular formula is C12H17N. The molecule has 2 saturated carbocycles. The molecule has 3 rings (SSSR count). The lowest BCUT2D eigenvalue weighted by Gasteiger charge is -2.54. The van der Waals surface area contributed by atoms with Crippen LogP contribution in [0.15, 0.2) is 24.5 Å². The van der Waals surface area contributed by atoms with E-state index in [2.05, 4.69) is 29.1 Å². The first-order valence-corrected chi connectivity index (χ1v) is 5.47. The number of aromatic nitrogens is 1. The second kappa shape index (κ2) is 2.63. The van der Waals surface area contributed by atoms with Crippen molar-refractivity contribution in [3.8, 4) is 0 Å². The van der Waals surface area contributed by atoms with Crippen LogP contribution in [-0.4, -0.2) is 4.57 Å². The minimum atomic E-state index is 0.845. The maximum absolute atomic E-state index is 2.33. The molecule has 2 aliphatic carbocycles. The summed E-state index contributed by atoms with van der Waals surface area (Å²) in [5.41, 5.74) is 0.845. The molecule has 2 fully saturated rings. The molecule has 1 nitrogen and oxygen atoms in total. The molecule has 0 bridgehead atoms. The van der Waals surface area contributed by atoms with Gasteiger partial charge in [0.25, 0.3) is 0 Å². The third-order valence-corrected chi connectivity index (χ3v) is 3.99. The Hall–Kier alpha value is -0.720. The van der Waals surface area contributed by atoms with Gasteiger partial charge in [0, 0.05) is 18.9 Å². The normalized spacial score (nSPS) is 25.5. The van der Waals surface area contributed by atoms with Crippen LogP contribution >= 0.6 is 0 Å². The molecule has 0 aliphatic heterocycles. The van der Waals surface area contributed by atoms with Gasteiger partial charge in [-0.2, -0.15) is 0 Å². The summed E-state index contributed by atoms with van der Waals surface area (Å²) in [4.78, 5) is 0. The van der Waals surface area contributed by atoms with E-state index in [4.69, 9.17) is 0 Å².